The van der Waals surface area contributed by atoms with Crippen molar-refractivity contribution in [1.82, 2.24) is 0 Å². The Morgan fingerprint density at radius 3 is 0.807 bits per heavy atom. The first kappa shape index (κ1) is 60.2. The van der Waals surface area contributed by atoms with Gasteiger partial charge in [-0.3, -0.25) is 0 Å². The summed E-state index contributed by atoms with van der Waals surface area (Å²) in [6, 6.07) is 0. The summed E-state index contributed by atoms with van der Waals surface area (Å²) >= 11 is 6.47. The summed E-state index contributed by atoms with van der Waals surface area (Å²) in [7, 11) is 1.00. The van der Waals surface area contributed by atoms with E-state index in [1.165, 1.54) is 83.5 Å². The van der Waals surface area contributed by atoms with Gasteiger partial charge in [-0.25, -0.2) is 0 Å². The average Bonchev–Trinajstić information content (AvgIpc) is 3.31. The second-order valence-electron chi connectivity index (χ2n) is 16.1. The summed E-state index contributed by atoms with van der Waals surface area (Å²) in [5.74, 6) is 4.87. The van der Waals surface area contributed by atoms with Gasteiger partial charge in [0.15, 0.2) is 0 Å². The third-order valence-electron chi connectivity index (χ3n) is 11.6. The molecule has 0 spiro atoms. The summed E-state index contributed by atoms with van der Waals surface area (Å²) in [5.41, 5.74) is 0. The van der Waals surface area contributed by atoms with E-state index >= 15 is 0 Å². The summed E-state index contributed by atoms with van der Waals surface area (Å²) in [6.45, 7) is 6.26. The molecule has 0 bridgehead atoms. The smallest absolute Gasteiger partial charge is 0.123 e. The number of hydrogen-bond acceptors (Lipinski definition) is 8. The fourth-order valence-electron chi connectivity index (χ4n) is 7.68. The minimum Gasteiger partial charge on any atom is -0.400 e. The van der Waals surface area contributed by atoms with Crippen molar-refractivity contribution in [3.8, 4) is 0 Å². The molecular weight excluding hydrogens is 852 g/mol. The van der Waals surface area contributed by atoms with Gasteiger partial charge in [0.25, 0.3) is 0 Å². The van der Waals surface area contributed by atoms with Crippen LogP contribution < -0.4 is 0 Å². The van der Waals surface area contributed by atoms with Crippen molar-refractivity contribution < 1.29 is 39.0 Å². The molecule has 0 amide bonds. The van der Waals surface area contributed by atoms with Gasteiger partial charge in [-0.2, -0.15) is 0 Å². The molecule has 0 atom stereocenters. The van der Waals surface area contributed by atoms with Crippen LogP contribution in [0, 0.1) is 41.4 Å². The van der Waals surface area contributed by atoms with Crippen molar-refractivity contribution in [2.45, 2.75) is 205 Å². The second kappa shape index (κ2) is 46.0. The van der Waals surface area contributed by atoms with Gasteiger partial charge in [-0.05, 0) is 114 Å². The molecule has 0 unspecified atom stereocenters. The number of hydrogen-bond donors (Lipinski definition) is 2. The number of carbonyl (C=O) groups is 6. The fourth-order valence-corrected chi connectivity index (χ4v) is 8.21. The number of alkyl halides is 2. The lowest BCUT2D eigenvalue weighted by Crippen LogP contribution is -2.18. The predicted octanol–water partition coefficient (Wildman–Crippen LogP) is 11.8. The third kappa shape index (κ3) is 36.5. The molecule has 0 radical (unpaired) electrons. The molecule has 6 aliphatic rings. The van der Waals surface area contributed by atoms with E-state index in [1.807, 2.05) is 19.7 Å². The van der Waals surface area contributed by atoms with Gasteiger partial charge >= 0.3 is 0 Å². The van der Waals surface area contributed by atoms with Gasteiger partial charge < -0.3 is 39.0 Å². The van der Waals surface area contributed by atoms with Crippen molar-refractivity contribution in [2.24, 2.45) is 41.4 Å². The van der Waals surface area contributed by atoms with Crippen molar-refractivity contribution in [3.63, 3.8) is 0 Å². The Hall–Kier alpha value is -1.10. The van der Waals surface area contributed by atoms with Crippen LogP contribution in [0.4, 0.5) is 0 Å². The molecule has 2 N–H and O–H groups in total. The van der Waals surface area contributed by atoms with Crippen molar-refractivity contribution in [3.05, 3.63) is 0 Å². The van der Waals surface area contributed by atoms with Crippen LogP contribution in [0.3, 0.4) is 0 Å². The van der Waals surface area contributed by atoms with E-state index in [9.17, 15) is 28.8 Å². The molecule has 6 saturated carbocycles. The maximum Gasteiger partial charge on any atom is 0.123 e. The van der Waals surface area contributed by atoms with Gasteiger partial charge in [0.2, 0.25) is 0 Å². The van der Waals surface area contributed by atoms with Crippen molar-refractivity contribution in [1.29, 1.82) is 0 Å². The number of rotatable bonds is 6. The van der Waals surface area contributed by atoms with Gasteiger partial charge in [0, 0.05) is 47.4 Å². The van der Waals surface area contributed by atoms with Crippen molar-refractivity contribution in [2.75, 3.05) is 12.9 Å². The predicted molar refractivity (Wildman–Crippen MR) is 244 cm³/mol. The number of halogens is 2. The second-order valence-corrected chi connectivity index (χ2v) is 17.4. The minimum atomic E-state index is -0.138. The van der Waals surface area contributed by atoms with E-state index in [0.29, 0.717) is 34.4 Å². The molecule has 0 aromatic rings. The molecule has 0 aliphatic heterocycles. The first-order valence-corrected chi connectivity index (χ1v) is 25.1. The molecule has 10 heteroatoms. The molecule has 8 nitrogen and oxygen atoms in total. The van der Waals surface area contributed by atoms with Gasteiger partial charge in [-0.15, -0.1) is 0 Å². The first-order valence-electron chi connectivity index (χ1n) is 22.6. The topological polar surface area (TPSA) is 143 Å². The Morgan fingerprint density at radius 2 is 0.579 bits per heavy atom. The highest BCUT2D eigenvalue weighted by atomic mass is 79.9. The molecule has 6 aliphatic carbocycles. The monoisotopic (exact) mass is 936 g/mol. The Bertz CT molecular complexity index is 766. The summed E-state index contributed by atoms with van der Waals surface area (Å²) < 4.78 is 0. The van der Waals surface area contributed by atoms with Crippen LogP contribution >= 0.6 is 31.9 Å². The summed E-state index contributed by atoms with van der Waals surface area (Å²) in [6.07, 6.45) is 37.5. The SMILES string of the molecule is CBr.CC.CC1CCC(C=O)CC1.CO.O=CC1CCC(Br)CC1.O=CC1CCC(O)CC1.O=CC1CCCCC1.O=CC1CCCCC1.O=CC1CCCCC1. The Kier molecular flexibility index (Phi) is 48.6. The zero-order chi connectivity index (χ0) is 43.5. The van der Waals surface area contributed by atoms with Crippen LogP contribution in [-0.4, -0.2) is 71.8 Å². The van der Waals surface area contributed by atoms with Gasteiger partial charge in [-0.1, -0.05) is 123 Å². The average molecular weight is 939 g/mol. The zero-order valence-corrected chi connectivity index (χ0v) is 40.0. The third-order valence-corrected chi connectivity index (χ3v) is 12.5. The standard InChI is InChI=1S/C8H14O.C7H11BrO.C7H12O2.3C7H12O.C2H6.CH3Br.CH4O/c1-7-2-4-8(6-9)5-3-7;8-7-3-1-6(5-9)2-4-7;8-5-6-1-3-7(9)4-2-6;3*8-6-7-4-2-1-3-5-7;3*1-2/h6-8H,2-5H2,1H3;5-7H,1-4H2;5-7,9H,1-4H2;3*6-7H,1-5H2;1-2H3;1H3;2H,1H3. The lowest BCUT2D eigenvalue weighted by atomic mass is 9.84. The van der Waals surface area contributed by atoms with Crippen LogP contribution in [-0.2, 0) is 28.8 Å². The highest BCUT2D eigenvalue weighted by molar-refractivity contribution is 9.09. The maximum atomic E-state index is 10.3. The van der Waals surface area contributed by atoms with Crippen LogP contribution in [0.2, 0.25) is 0 Å². The lowest BCUT2D eigenvalue weighted by Gasteiger charge is -2.21. The van der Waals surface area contributed by atoms with E-state index < -0.39 is 0 Å². The van der Waals surface area contributed by atoms with Crippen LogP contribution in [0.15, 0.2) is 0 Å². The van der Waals surface area contributed by atoms with E-state index in [2.05, 4.69) is 38.8 Å². The van der Waals surface area contributed by atoms with Gasteiger partial charge in [0.1, 0.15) is 37.7 Å². The molecule has 6 fully saturated rings. The Labute approximate surface area is 366 Å². The number of aliphatic hydroxyl groups is 2. The molecule has 0 saturated heterocycles. The molecular formula is C47H86Br2O8. The molecule has 336 valence electrons. The quantitative estimate of drug-likeness (QED) is 0.198. The Balaban J connectivity index is -0.000000598. The van der Waals surface area contributed by atoms with Crippen LogP contribution in [0.1, 0.15) is 194 Å². The molecule has 0 aromatic carbocycles. The largest absolute Gasteiger partial charge is 0.400 e. The summed E-state index contributed by atoms with van der Waals surface area (Å²) in [4.78, 5) is 61.9. The molecule has 6 rings (SSSR count). The number of carbonyl (C=O) groups excluding carboxylic acids is 6. The summed E-state index contributed by atoms with van der Waals surface area (Å²) in [5, 5.41) is 16.0. The highest BCUT2D eigenvalue weighted by Crippen LogP contribution is 2.28. The fraction of sp³-hybridized carbons (Fsp3) is 0.872. The Morgan fingerprint density at radius 1 is 0.368 bits per heavy atom. The molecule has 0 aromatic heterocycles. The highest BCUT2D eigenvalue weighted by Gasteiger charge is 2.19. The van der Waals surface area contributed by atoms with E-state index in [1.54, 1.807) is 0 Å². The molecule has 57 heavy (non-hydrogen) atoms. The van der Waals surface area contributed by atoms with Gasteiger partial charge in [0.05, 0.1) is 6.10 Å². The number of aliphatic hydroxyl groups excluding tert-OH is 2. The van der Waals surface area contributed by atoms with Crippen molar-refractivity contribution >= 4 is 69.6 Å². The van der Waals surface area contributed by atoms with Crippen LogP contribution in [0.25, 0.3) is 0 Å². The number of aldehydes is 6. The lowest BCUT2D eigenvalue weighted by molar-refractivity contribution is -0.113. The molecule has 0 heterocycles. The van der Waals surface area contributed by atoms with E-state index in [-0.39, 0.29) is 12.0 Å². The minimum absolute atomic E-state index is 0.138. The van der Waals surface area contributed by atoms with E-state index in [0.717, 1.165) is 141 Å². The normalized spacial score (nSPS) is 27.1. The van der Waals surface area contributed by atoms with E-state index in [4.69, 9.17) is 10.2 Å². The maximum absolute atomic E-state index is 10.3. The van der Waals surface area contributed by atoms with Crippen LogP contribution in [0.5, 0.6) is 0 Å². The first-order chi connectivity index (χ1) is 27.8. The zero-order valence-electron chi connectivity index (χ0n) is 36.9.